The second-order valence-electron chi connectivity index (χ2n) is 6.20. The van der Waals surface area contributed by atoms with Crippen LogP contribution in [0.2, 0.25) is 10.0 Å². The van der Waals surface area contributed by atoms with Gasteiger partial charge in [-0.05, 0) is 42.8 Å². The van der Waals surface area contributed by atoms with Gasteiger partial charge in [-0.15, -0.1) is 0 Å². The molecule has 0 aliphatic rings. The Labute approximate surface area is 179 Å². The van der Waals surface area contributed by atoms with Crippen molar-refractivity contribution in [3.8, 4) is 11.5 Å². The first-order valence-corrected chi connectivity index (χ1v) is 9.76. The van der Waals surface area contributed by atoms with Crippen LogP contribution < -0.4 is 9.47 Å². The number of rotatable bonds is 8. The molecule has 0 saturated carbocycles. The van der Waals surface area contributed by atoms with E-state index >= 15 is 0 Å². The third-order valence-corrected chi connectivity index (χ3v) is 4.99. The van der Waals surface area contributed by atoms with E-state index in [0.717, 1.165) is 11.1 Å². The van der Waals surface area contributed by atoms with Crippen molar-refractivity contribution in [3.05, 3.63) is 81.6 Å². The Balaban J connectivity index is 1.81. The Morgan fingerprint density at radius 3 is 2.72 bits per heavy atom. The minimum absolute atomic E-state index is 0.136. The van der Waals surface area contributed by atoms with Gasteiger partial charge in [-0.25, -0.2) is 0 Å². The van der Waals surface area contributed by atoms with Crippen LogP contribution in [-0.2, 0) is 13.2 Å². The second-order valence-corrected chi connectivity index (χ2v) is 7.01. The van der Waals surface area contributed by atoms with Gasteiger partial charge < -0.3 is 9.47 Å². The van der Waals surface area contributed by atoms with Gasteiger partial charge in [-0.3, -0.25) is 9.48 Å². The molecule has 3 aromatic rings. The highest BCUT2D eigenvalue weighted by Gasteiger charge is 2.11. The number of carbonyl (C=O) groups is 1. The summed E-state index contributed by atoms with van der Waals surface area (Å²) >= 11 is 12.0. The van der Waals surface area contributed by atoms with Gasteiger partial charge >= 0.3 is 0 Å². The predicted octanol–water partition coefficient (Wildman–Crippen LogP) is 5.69. The molecule has 0 radical (unpaired) electrons. The Hall–Kier alpha value is -2.76. The van der Waals surface area contributed by atoms with Gasteiger partial charge in [0.25, 0.3) is 0 Å². The van der Waals surface area contributed by atoms with Gasteiger partial charge in [0.05, 0.1) is 28.9 Å². The minimum Gasteiger partial charge on any atom is -0.493 e. The number of para-hydroxylation sites is 1. The van der Waals surface area contributed by atoms with Crippen molar-refractivity contribution >= 4 is 35.1 Å². The van der Waals surface area contributed by atoms with Crippen molar-refractivity contribution in [1.82, 2.24) is 9.78 Å². The van der Waals surface area contributed by atoms with Crippen molar-refractivity contribution < 1.29 is 14.3 Å². The van der Waals surface area contributed by atoms with E-state index in [1.807, 2.05) is 25.1 Å². The number of aromatic nitrogens is 2. The number of hydrogen-bond acceptors (Lipinski definition) is 4. The zero-order valence-electron chi connectivity index (χ0n) is 16.1. The molecule has 0 aliphatic heterocycles. The molecule has 0 bridgehead atoms. The second kappa shape index (κ2) is 9.63. The van der Waals surface area contributed by atoms with Crippen LogP contribution in [-0.4, -0.2) is 22.7 Å². The smallest absolute Gasteiger partial charge is 0.189 e. The van der Waals surface area contributed by atoms with E-state index in [-0.39, 0.29) is 12.4 Å². The zero-order chi connectivity index (χ0) is 20.8. The highest BCUT2D eigenvalue weighted by Crippen LogP contribution is 2.33. The number of benzene rings is 2. The molecule has 29 heavy (non-hydrogen) atoms. The zero-order valence-corrected chi connectivity index (χ0v) is 17.6. The van der Waals surface area contributed by atoms with Crippen LogP contribution in [0.1, 0.15) is 28.4 Å². The van der Waals surface area contributed by atoms with Gasteiger partial charge in [0.2, 0.25) is 0 Å². The van der Waals surface area contributed by atoms with Gasteiger partial charge in [0, 0.05) is 18.3 Å². The number of halogens is 2. The standard InChI is InChI=1S/C22H20Cl2N2O3/c1-3-26-13-17(12-25-26)20(27)10-8-16-5-4-6-21(28-2)22(16)29-14-15-7-9-18(23)19(24)11-15/h4-13H,3,14H2,1-2H3/b10-8+. The molecule has 1 heterocycles. The minimum atomic E-state index is -0.136. The summed E-state index contributed by atoms with van der Waals surface area (Å²) in [4.78, 5) is 12.4. The van der Waals surface area contributed by atoms with E-state index in [1.165, 1.54) is 6.08 Å². The number of aryl methyl sites for hydroxylation is 1. The van der Waals surface area contributed by atoms with Crippen LogP contribution in [0, 0.1) is 0 Å². The lowest BCUT2D eigenvalue weighted by Crippen LogP contribution is -2.00. The molecule has 0 fully saturated rings. The molecule has 0 atom stereocenters. The molecule has 3 rings (SSSR count). The normalized spacial score (nSPS) is 11.0. The first kappa shape index (κ1) is 21.0. The van der Waals surface area contributed by atoms with Gasteiger partial charge in [-0.1, -0.05) is 41.4 Å². The van der Waals surface area contributed by atoms with E-state index in [2.05, 4.69) is 5.10 Å². The van der Waals surface area contributed by atoms with E-state index in [1.54, 1.807) is 48.5 Å². The van der Waals surface area contributed by atoms with Gasteiger partial charge in [-0.2, -0.15) is 5.10 Å². The Morgan fingerprint density at radius 1 is 1.21 bits per heavy atom. The first-order valence-electron chi connectivity index (χ1n) is 9.00. The van der Waals surface area contributed by atoms with Crippen molar-refractivity contribution in [2.45, 2.75) is 20.1 Å². The molecule has 0 aliphatic carbocycles. The molecular weight excluding hydrogens is 411 g/mol. The van der Waals surface area contributed by atoms with E-state index < -0.39 is 0 Å². The largest absolute Gasteiger partial charge is 0.493 e. The number of carbonyl (C=O) groups excluding carboxylic acids is 1. The van der Waals surface area contributed by atoms with E-state index in [0.29, 0.717) is 33.7 Å². The lowest BCUT2D eigenvalue weighted by molar-refractivity contribution is 0.104. The average molecular weight is 431 g/mol. The van der Waals surface area contributed by atoms with Crippen molar-refractivity contribution in [2.24, 2.45) is 0 Å². The number of methoxy groups -OCH3 is 1. The molecule has 0 N–H and O–H groups in total. The lowest BCUT2D eigenvalue weighted by Gasteiger charge is -2.13. The molecule has 0 amide bonds. The van der Waals surface area contributed by atoms with E-state index in [4.69, 9.17) is 32.7 Å². The van der Waals surface area contributed by atoms with Crippen LogP contribution in [0.4, 0.5) is 0 Å². The molecule has 7 heteroatoms. The summed E-state index contributed by atoms with van der Waals surface area (Å²) in [5.74, 6) is 0.968. The Bertz CT molecular complexity index is 1040. The van der Waals surface area contributed by atoms with Crippen molar-refractivity contribution in [2.75, 3.05) is 7.11 Å². The maximum atomic E-state index is 12.4. The van der Waals surface area contributed by atoms with Crippen LogP contribution >= 0.6 is 23.2 Å². The summed E-state index contributed by atoms with van der Waals surface area (Å²) < 4.78 is 13.1. The summed E-state index contributed by atoms with van der Waals surface area (Å²) in [6.07, 6.45) is 6.49. The Kier molecular flexibility index (Phi) is 6.96. The average Bonchev–Trinajstić information content (AvgIpc) is 3.22. The molecule has 0 spiro atoms. The summed E-state index contributed by atoms with van der Waals surface area (Å²) in [7, 11) is 1.57. The highest BCUT2D eigenvalue weighted by atomic mass is 35.5. The first-order chi connectivity index (χ1) is 14.0. The maximum absolute atomic E-state index is 12.4. The number of ketones is 1. The fourth-order valence-electron chi connectivity index (χ4n) is 2.69. The summed E-state index contributed by atoms with van der Waals surface area (Å²) in [6.45, 7) is 2.94. The van der Waals surface area contributed by atoms with Gasteiger partial charge in [0.15, 0.2) is 17.3 Å². The fourth-order valence-corrected chi connectivity index (χ4v) is 3.01. The van der Waals surface area contributed by atoms with Crippen LogP contribution in [0.3, 0.4) is 0 Å². The molecule has 5 nitrogen and oxygen atoms in total. The fraction of sp³-hybridized carbons (Fsp3) is 0.182. The summed E-state index contributed by atoms with van der Waals surface area (Å²) in [5.41, 5.74) is 2.12. The number of ether oxygens (including phenoxy) is 2. The van der Waals surface area contributed by atoms with Crippen molar-refractivity contribution in [1.29, 1.82) is 0 Å². The van der Waals surface area contributed by atoms with Crippen LogP contribution in [0.15, 0.2) is 54.9 Å². The topological polar surface area (TPSA) is 53.4 Å². The molecule has 0 saturated heterocycles. The SMILES string of the molecule is CCn1cc(C(=O)/C=C/c2cccc(OC)c2OCc2ccc(Cl)c(Cl)c2)cn1. The third-order valence-electron chi connectivity index (χ3n) is 4.25. The number of nitrogens with zero attached hydrogens (tertiary/aromatic N) is 2. The monoisotopic (exact) mass is 430 g/mol. The molecule has 1 aromatic heterocycles. The molecular formula is C22H20Cl2N2O3. The number of allylic oxidation sites excluding steroid dienone is 1. The summed E-state index contributed by atoms with van der Waals surface area (Å²) in [6, 6.07) is 10.8. The molecule has 0 unspecified atom stereocenters. The Morgan fingerprint density at radius 2 is 2.03 bits per heavy atom. The van der Waals surface area contributed by atoms with E-state index in [9.17, 15) is 4.79 Å². The van der Waals surface area contributed by atoms with Crippen LogP contribution in [0.5, 0.6) is 11.5 Å². The lowest BCUT2D eigenvalue weighted by atomic mass is 10.1. The third kappa shape index (κ3) is 5.19. The predicted molar refractivity (Wildman–Crippen MR) is 115 cm³/mol. The quantitative estimate of drug-likeness (QED) is 0.340. The summed E-state index contributed by atoms with van der Waals surface area (Å²) in [5, 5.41) is 5.08. The molecule has 150 valence electrons. The van der Waals surface area contributed by atoms with Gasteiger partial charge in [0.1, 0.15) is 6.61 Å². The molecule has 2 aromatic carbocycles. The number of hydrogen-bond donors (Lipinski definition) is 0. The highest BCUT2D eigenvalue weighted by molar-refractivity contribution is 6.42. The van der Waals surface area contributed by atoms with Crippen LogP contribution in [0.25, 0.3) is 6.08 Å². The maximum Gasteiger partial charge on any atom is 0.189 e. The van der Waals surface area contributed by atoms with Crippen molar-refractivity contribution in [3.63, 3.8) is 0 Å².